The van der Waals surface area contributed by atoms with Crippen LogP contribution in [0.4, 0.5) is 0 Å². The third-order valence-corrected chi connectivity index (χ3v) is 4.45. The molecule has 4 heteroatoms. The third-order valence-electron chi connectivity index (χ3n) is 4.45. The van der Waals surface area contributed by atoms with Gasteiger partial charge in [0, 0.05) is 5.41 Å². The molecule has 0 unspecified atom stereocenters. The van der Waals surface area contributed by atoms with Gasteiger partial charge in [-0.1, -0.05) is 40.0 Å². The minimum Gasteiger partial charge on any atom is -0.455 e. The summed E-state index contributed by atoms with van der Waals surface area (Å²) in [4.78, 5) is 22.3. The molecule has 1 aliphatic carbocycles. The Bertz CT molecular complexity index is 344. The predicted molar refractivity (Wildman–Crippen MR) is 71.1 cm³/mol. The van der Waals surface area contributed by atoms with Crippen molar-refractivity contribution in [1.29, 1.82) is 0 Å². The van der Waals surface area contributed by atoms with Crippen LogP contribution in [0.1, 0.15) is 66.7 Å². The molecule has 0 atom stereocenters. The lowest BCUT2D eigenvalue weighted by molar-refractivity contribution is -0.175. The maximum Gasteiger partial charge on any atom is 0.373 e. The lowest BCUT2D eigenvalue weighted by atomic mass is 9.78. The van der Waals surface area contributed by atoms with Crippen LogP contribution < -0.4 is 0 Å². The van der Waals surface area contributed by atoms with E-state index in [9.17, 15) is 4.79 Å². The van der Waals surface area contributed by atoms with E-state index in [1.165, 1.54) is 19.3 Å². The molecule has 0 bridgehead atoms. The van der Waals surface area contributed by atoms with Crippen LogP contribution in [-0.4, -0.2) is 17.4 Å². The Morgan fingerprint density at radius 1 is 1.05 bits per heavy atom. The first kappa shape index (κ1) is 14.8. The van der Waals surface area contributed by atoms with Gasteiger partial charge in [-0.15, -0.1) is 0 Å². The Morgan fingerprint density at radius 2 is 1.58 bits per heavy atom. The van der Waals surface area contributed by atoms with Crippen LogP contribution >= 0.6 is 0 Å². The van der Waals surface area contributed by atoms with Crippen molar-refractivity contribution in [2.45, 2.75) is 78.1 Å². The van der Waals surface area contributed by atoms with Gasteiger partial charge in [0.1, 0.15) is 5.60 Å². The predicted octanol–water partition coefficient (Wildman–Crippen LogP) is 3.59. The van der Waals surface area contributed by atoms with Crippen LogP contribution in [-0.2, 0) is 19.3 Å². The zero-order valence-electron chi connectivity index (χ0n) is 12.7. The van der Waals surface area contributed by atoms with Gasteiger partial charge in [0.05, 0.1) is 0 Å². The van der Waals surface area contributed by atoms with Gasteiger partial charge in [0.25, 0.3) is 0 Å². The van der Waals surface area contributed by atoms with E-state index in [1.807, 2.05) is 34.6 Å². The van der Waals surface area contributed by atoms with Crippen molar-refractivity contribution in [2.75, 3.05) is 0 Å². The molecule has 0 aromatic heterocycles. The minimum absolute atomic E-state index is 0.393. The van der Waals surface area contributed by atoms with Gasteiger partial charge in [-0.05, 0) is 32.6 Å². The van der Waals surface area contributed by atoms with Crippen molar-refractivity contribution >= 4 is 5.97 Å². The molecule has 1 saturated heterocycles. The lowest BCUT2D eigenvalue weighted by Gasteiger charge is -2.37. The maximum atomic E-state index is 12.4. The van der Waals surface area contributed by atoms with Crippen LogP contribution in [0.15, 0.2) is 0 Å². The molecule has 2 aliphatic rings. The molecule has 0 aromatic rings. The summed E-state index contributed by atoms with van der Waals surface area (Å²) < 4.78 is 5.74. The number of hydrogen-bond donors (Lipinski definition) is 0. The summed E-state index contributed by atoms with van der Waals surface area (Å²) in [7, 11) is 0. The second-order valence-corrected chi connectivity index (χ2v) is 7.36. The second kappa shape index (κ2) is 4.74. The first-order valence-corrected chi connectivity index (χ1v) is 7.29. The number of hydrogen-bond acceptors (Lipinski definition) is 4. The number of ether oxygens (including phenoxy) is 1. The van der Waals surface area contributed by atoms with Crippen molar-refractivity contribution in [3.8, 4) is 0 Å². The fraction of sp³-hybridized carbons (Fsp3) is 0.933. The van der Waals surface area contributed by atoms with Crippen LogP contribution in [0.25, 0.3) is 0 Å². The number of carbonyl (C=O) groups is 1. The minimum atomic E-state index is -1.21. The van der Waals surface area contributed by atoms with E-state index >= 15 is 0 Å². The van der Waals surface area contributed by atoms with E-state index in [0.717, 1.165) is 12.8 Å². The SMILES string of the molecule is CC(C)(OC(=O)C1(C(C)(C)C)OO1)C1CCCCC1. The molecule has 2 rings (SSSR count). The molecular weight excluding hydrogens is 244 g/mol. The summed E-state index contributed by atoms with van der Waals surface area (Å²) in [6, 6.07) is 0. The summed E-state index contributed by atoms with van der Waals surface area (Å²) in [6.45, 7) is 9.73. The Balaban J connectivity index is 2.02. The largest absolute Gasteiger partial charge is 0.455 e. The zero-order chi connectivity index (χ0) is 14.3. The first-order valence-electron chi connectivity index (χ1n) is 7.29. The Morgan fingerprint density at radius 3 is 2.00 bits per heavy atom. The summed E-state index contributed by atoms with van der Waals surface area (Å²) in [5, 5.41) is 0. The molecule has 0 N–H and O–H groups in total. The van der Waals surface area contributed by atoms with Crippen molar-refractivity contribution in [3.63, 3.8) is 0 Å². The summed E-state index contributed by atoms with van der Waals surface area (Å²) in [6.07, 6.45) is 6.00. The fourth-order valence-electron chi connectivity index (χ4n) is 2.85. The molecular formula is C15H26O4. The highest BCUT2D eigenvalue weighted by Crippen LogP contribution is 2.48. The van der Waals surface area contributed by atoms with Crippen molar-refractivity contribution in [1.82, 2.24) is 0 Å². The van der Waals surface area contributed by atoms with Gasteiger partial charge in [-0.25, -0.2) is 4.79 Å². The van der Waals surface area contributed by atoms with Gasteiger partial charge in [0.2, 0.25) is 0 Å². The van der Waals surface area contributed by atoms with E-state index in [2.05, 4.69) is 0 Å². The monoisotopic (exact) mass is 270 g/mol. The van der Waals surface area contributed by atoms with Crippen molar-refractivity contribution in [3.05, 3.63) is 0 Å². The van der Waals surface area contributed by atoms with Crippen molar-refractivity contribution in [2.24, 2.45) is 11.3 Å². The van der Waals surface area contributed by atoms with Crippen LogP contribution in [0, 0.1) is 11.3 Å². The van der Waals surface area contributed by atoms with E-state index < -0.39 is 22.8 Å². The van der Waals surface area contributed by atoms with E-state index in [-0.39, 0.29) is 0 Å². The normalized spacial score (nSPS) is 24.1. The zero-order valence-corrected chi connectivity index (χ0v) is 12.7. The highest BCUT2D eigenvalue weighted by molar-refractivity contribution is 5.80. The van der Waals surface area contributed by atoms with Crippen LogP contribution in [0.3, 0.4) is 0 Å². The fourth-order valence-corrected chi connectivity index (χ4v) is 2.85. The maximum absolute atomic E-state index is 12.4. The smallest absolute Gasteiger partial charge is 0.373 e. The summed E-state index contributed by atoms with van der Waals surface area (Å²) in [5.74, 6) is -1.17. The topological polar surface area (TPSA) is 51.4 Å². The average Bonchev–Trinajstić information content (AvgIpc) is 3.09. The molecule has 4 nitrogen and oxygen atoms in total. The summed E-state index contributed by atoms with van der Waals surface area (Å²) in [5.41, 5.74) is -0.877. The van der Waals surface area contributed by atoms with Gasteiger partial charge in [-0.3, -0.25) is 0 Å². The van der Waals surface area contributed by atoms with E-state index in [0.29, 0.717) is 5.92 Å². The van der Waals surface area contributed by atoms with Crippen LogP contribution in [0.2, 0.25) is 0 Å². The third kappa shape index (κ3) is 2.79. The van der Waals surface area contributed by atoms with Crippen molar-refractivity contribution < 1.29 is 19.3 Å². The average molecular weight is 270 g/mol. The molecule has 1 saturated carbocycles. The lowest BCUT2D eigenvalue weighted by Crippen LogP contribution is -2.46. The highest BCUT2D eigenvalue weighted by Gasteiger charge is 2.67. The molecule has 2 fully saturated rings. The van der Waals surface area contributed by atoms with Gasteiger partial charge < -0.3 is 4.74 Å². The molecule has 0 amide bonds. The quantitative estimate of drug-likeness (QED) is 0.447. The Labute approximate surface area is 115 Å². The van der Waals surface area contributed by atoms with E-state index in [1.54, 1.807) is 0 Å². The molecule has 0 spiro atoms. The van der Waals surface area contributed by atoms with E-state index in [4.69, 9.17) is 14.5 Å². The summed E-state index contributed by atoms with van der Waals surface area (Å²) >= 11 is 0. The molecule has 0 aromatic carbocycles. The number of esters is 1. The molecule has 1 heterocycles. The molecule has 1 aliphatic heterocycles. The first-order chi connectivity index (χ1) is 8.69. The molecule has 110 valence electrons. The van der Waals surface area contributed by atoms with Gasteiger partial charge in [-0.2, -0.15) is 9.78 Å². The molecule has 0 radical (unpaired) electrons. The molecule has 19 heavy (non-hydrogen) atoms. The van der Waals surface area contributed by atoms with Crippen LogP contribution in [0.5, 0.6) is 0 Å². The number of carbonyl (C=O) groups excluding carboxylic acids is 1. The van der Waals surface area contributed by atoms with Gasteiger partial charge >= 0.3 is 11.8 Å². The Hall–Kier alpha value is -0.610. The Kier molecular flexibility index (Phi) is 3.69. The number of rotatable bonds is 3. The second-order valence-electron chi connectivity index (χ2n) is 7.36. The van der Waals surface area contributed by atoms with Gasteiger partial charge in [0.15, 0.2) is 0 Å². The highest BCUT2D eigenvalue weighted by atomic mass is 17.4. The standard InChI is InChI=1S/C15H26O4/c1-13(2,3)15(18-19-15)12(16)17-14(4,5)11-9-7-6-8-10-11/h11H,6-10H2,1-5H3.